The molecule has 0 bridgehead atoms. The smallest absolute Gasteiger partial charge is 0.0898 e. The van der Waals surface area contributed by atoms with Crippen LogP contribution in [0.3, 0.4) is 0 Å². The highest BCUT2D eigenvalue weighted by molar-refractivity contribution is 7.09. The van der Waals surface area contributed by atoms with E-state index in [1.165, 1.54) is 12.8 Å². The van der Waals surface area contributed by atoms with Crippen molar-refractivity contribution >= 4 is 11.3 Å². The Morgan fingerprint density at radius 2 is 2.50 bits per heavy atom. The highest BCUT2D eigenvalue weighted by Gasteiger charge is 2.25. The Morgan fingerprint density at radius 3 is 3.00 bits per heavy atom. The predicted octanol–water partition coefficient (Wildman–Crippen LogP) is 2.25. The average molecular weight is 182 g/mol. The molecule has 2 nitrogen and oxygen atoms in total. The Balaban J connectivity index is 1.97. The van der Waals surface area contributed by atoms with Gasteiger partial charge in [0.05, 0.1) is 10.7 Å². The zero-order valence-corrected chi connectivity index (χ0v) is 8.10. The molecule has 0 unspecified atom stereocenters. The summed E-state index contributed by atoms with van der Waals surface area (Å²) < 4.78 is 0. The molecule has 12 heavy (non-hydrogen) atoms. The van der Waals surface area contributed by atoms with E-state index >= 15 is 0 Å². The molecule has 1 aliphatic carbocycles. The third-order valence-electron chi connectivity index (χ3n) is 2.30. The number of nitrogens with two attached hydrogens (primary N) is 1. The van der Waals surface area contributed by atoms with Crippen molar-refractivity contribution in [2.24, 2.45) is 11.7 Å². The lowest BCUT2D eigenvalue weighted by atomic mass is 10.1. The van der Waals surface area contributed by atoms with Crippen LogP contribution in [-0.4, -0.2) is 4.98 Å². The SMILES string of the molecule is Cc1nc([C@@H](N)CC2CC2)cs1. The fourth-order valence-corrected chi connectivity index (χ4v) is 2.06. The van der Waals surface area contributed by atoms with Crippen molar-refractivity contribution in [3.05, 3.63) is 16.1 Å². The molecule has 0 amide bonds. The Morgan fingerprint density at radius 1 is 1.75 bits per heavy atom. The fourth-order valence-electron chi connectivity index (χ4n) is 1.38. The summed E-state index contributed by atoms with van der Waals surface area (Å²) in [4.78, 5) is 4.38. The molecule has 2 N–H and O–H groups in total. The second-order valence-electron chi connectivity index (χ2n) is 3.58. The topological polar surface area (TPSA) is 38.9 Å². The van der Waals surface area contributed by atoms with Gasteiger partial charge >= 0.3 is 0 Å². The second kappa shape index (κ2) is 3.15. The van der Waals surface area contributed by atoms with E-state index < -0.39 is 0 Å². The van der Waals surface area contributed by atoms with E-state index in [1.807, 2.05) is 6.92 Å². The summed E-state index contributed by atoms with van der Waals surface area (Å²) in [5.74, 6) is 0.891. The lowest BCUT2D eigenvalue weighted by Crippen LogP contribution is -2.11. The lowest BCUT2D eigenvalue weighted by Gasteiger charge is -2.06. The monoisotopic (exact) mass is 182 g/mol. The van der Waals surface area contributed by atoms with Gasteiger partial charge in [0, 0.05) is 11.4 Å². The fraction of sp³-hybridized carbons (Fsp3) is 0.667. The van der Waals surface area contributed by atoms with Gasteiger partial charge in [0.25, 0.3) is 0 Å². The van der Waals surface area contributed by atoms with Gasteiger partial charge in [-0.1, -0.05) is 12.8 Å². The summed E-state index contributed by atoms with van der Waals surface area (Å²) in [5, 5.41) is 3.21. The third-order valence-corrected chi connectivity index (χ3v) is 3.09. The standard InChI is InChI=1S/C9H14N2S/c1-6-11-9(5-12-6)8(10)4-7-2-3-7/h5,7-8H,2-4,10H2,1H3/t8-/m0/s1. The molecule has 66 valence electrons. The normalized spacial score (nSPS) is 19.5. The molecular formula is C9H14N2S. The zero-order valence-electron chi connectivity index (χ0n) is 7.29. The van der Waals surface area contributed by atoms with E-state index in [2.05, 4.69) is 10.4 Å². The molecule has 0 aromatic carbocycles. The van der Waals surface area contributed by atoms with Gasteiger partial charge in [0.1, 0.15) is 0 Å². The Hall–Kier alpha value is -0.410. The molecule has 0 spiro atoms. The van der Waals surface area contributed by atoms with E-state index in [4.69, 9.17) is 5.73 Å². The predicted molar refractivity (Wildman–Crippen MR) is 51.1 cm³/mol. The number of nitrogens with zero attached hydrogens (tertiary/aromatic N) is 1. The molecule has 1 aromatic rings. The quantitative estimate of drug-likeness (QED) is 0.778. The molecule has 1 atom stereocenters. The summed E-state index contributed by atoms with van der Waals surface area (Å²) >= 11 is 1.69. The van der Waals surface area contributed by atoms with Crippen LogP contribution in [0.5, 0.6) is 0 Å². The first-order valence-corrected chi connectivity index (χ1v) is 5.31. The van der Waals surface area contributed by atoms with Gasteiger partial charge in [0.15, 0.2) is 0 Å². The van der Waals surface area contributed by atoms with Gasteiger partial charge in [-0.2, -0.15) is 0 Å². The van der Waals surface area contributed by atoms with Crippen molar-refractivity contribution in [3.8, 4) is 0 Å². The Kier molecular flexibility index (Phi) is 2.15. The number of rotatable bonds is 3. The summed E-state index contributed by atoms with van der Waals surface area (Å²) in [7, 11) is 0. The molecular weight excluding hydrogens is 168 g/mol. The maximum absolute atomic E-state index is 5.99. The van der Waals surface area contributed by atoms with Crippen LogP contribution in [0, 0.1) is 12.8 Å². The van der Waals surface area contributed by atoms with E-state index in [9.17, 15) is 0 Å². The summed E-state index contributed by atoms with van der Waals surface area (Å²) in [6.07, 6.45) is 3.87. The van der Waals surface area contributed by atoms with Gasteiger partial charge < -0.3 is 5.73 Å². The minimum atomic E-state index is 0.183. The van der Waals surface area contributed by atoms with Crippen molar-refractivity contribution in [3.63, 3.8) is 0 Å². The van der Waals surface area contributed by atoms with Crippen molar-refractivity contribution < 1.29 is 0 Å². The average Bonchev–Trinajstić information content (AvgIpc) is 2.72. The van der Waals surface area contributed by atoms with Crippen molar-refractivity contribution in [2.45, 2.75) is 32.2 Å². The van der Waals surface area contributed by atoms with Gasteiger partial charge in [0.2, 0.25) is 0 Å². The summed E-state index contributed by atoms with van der Waals surface area (Å²) in [6, 6.07) is 0.183. The maximum atomic E-state index is 5.99. The molecule has 0 aliphatic heterocycles. The molecule has 2 rings (SSSR count). The van der Waals surface area contributed by atoms with Gasteiger partial charge in [-0.25, -0.2) is 4.98 Å². The van der Waals surface area contributed by atoms with Gasteiger partial charge in [-0.05, 0) is 19.3 Å². The van der Waals surface area contributed by atoms with Crippen LogP contribution in [0.2, 0.25) is 0 Å². The molecule has 1 saturated carbocycles. The van der Waals surface area contributed by atoms with Gasteiger partial charge in [-0.15, -0.1) is 11.3 Å². The van der Waals surface area contributed by atoms with Crippen molar-refractivity contribution in [1.82, 2.24) is 4.98 Å². The highest BCUT2D eigenvalue weighted by Crippen LogP contribution is 2.36. The van der Waals surface area contributed by atoms with Crippen LogP contribution >= 0.6 is 11.3 Å². The largest absolute Gasteiger partial charge is 0.323 e. The van der Waals surface area contributed by atoms with Crippen molar-refractivity contribution in [2.75, 3.05) is 0 Å². The molecule has 0 saturated heterocycles. The summed E-state index contributed by atoms with van der Waals surface area (Å²) in [6.45, 7) is 2.03. The molecule has 1 aliphatic rings. The van der Waals surface area contributed by atoms with Crippen molar-refractivity contribution in [1.29, 1.82) is 0 Å². The van der Waals surface area contributed by atoms with E-state index in [0.29, 0.717) is 0 Å². The van der Waals surface area contributed by atoms with Crippen LogP contribution in [0.1, 0.15) is 36.0 Å². The number of hydrogen-bond acceptors (Lipinski definition) is 3. The van der Waals surface area contributed by atoms with Crippen LogP contribution in [0.25, 0.3) is 0 Å². The third kappa shape index (κ3) is 1.84. The maximum Gasteiger partial charge on any atom is 0.0898 e. The van der Waals surface area contributed by atoms with E-state index in [0.717, 1.165) is 23.0 Å². The van der Waals surface area contributed by atoms with Crippen LogP contribution < -0.4 is 5.73 Å². The molecule has 1 fully saturated rings. The van der Waals surface area contributed by atoms with E-state index in [1.54, 1.807) is 11.3 Å². The van der Waals surface area contributed by atoms with Crippen LogP contribution in [0.15, 0.2) is 5.38 Å². The first-order chi connectivity index (χ1) is 5.75. The minimum Gasteiger partial charge on any atom is -0.323 e. The highest BCUT2D eigenvalue weighted by atomic mass is 32.1. The summed E-state index contributed by atoms with van der Waals surface area (Å²) in [5.41, 5.74) is 7.08. The number of aryl methyl sites for hydroxylation is 1. The molecule has 0 radical (unpaired) electrons. The number of aromatic nitrogens is 1. The lowest BCUT2D eigenvalue weighted by molar-refractivity contribution is 0.585. The molecule has 1 heterocycles. The Bertz CT molecular complexity index is 265. The van der Waals surface area contributed by atoms with Crippen LogP contribution in [0.4, 0.5) is 0 Å². The molecule has 3 heteroatoms. The molecule has 1 aromatic heterocycles. The minimum absolute atomic E-state index is 0.183. The Labute approximate surface area is 76.8 Å². The van der Waals surface area contributed by atoms with E-state index in [-0.39, 0.29) is 6.04 Å². The van der Waals surface area contributed by atoms with Crippen LogP contribution in [-0.2, 0) is 0 Å². The second-order valence-corrected chi connectivity index (χ2v) is 4.64. The first kappa shape index (κ1) is 8.20. The van der Waals surface area contributed by atoms with Gasteiger partial charge in [-0.3, -0.25) is 0 Å². The zero-order chi connectivity index (χ0) is 8.55. The number of thiazole rings is 1. The first-order valence-electron chi connectivity index (χ1n) is 4.43. The number of hydrogen-bond donors (Lipinski definition) is 1.